The molecule has 0 aliphatic rings. The van der Waals surface area contributed by atoms with Crippen LogP contribution in [0.1, 0.15) is 27.6 Å². The van der Waals surface area contributed by atoms with Gasteiger partial charge in [-0.15, -0.1) is 11.3 Å². The number of aryl methyl sites for hydroxylation is 1. The Balaban J connectivity index is 2.45. The second kappa shape index (κ2) is 4.74. The number of alkyl halides is 3. The molecule has 0 bridgehead atoms. The molecule has 5 heteroatoms. The SMILES string of the molecule is Cc1cc(C(N)c2ccccc2C(F)(F)F)cs1. The van der Waals surface area contributed by atoms with Crippen LogP contribution in [0.25, 0.3) is 0 Å². The Morgan fingerprint density at radius 1 is 1.22 bits per heavy atom. The minimum atomic E-state index is -4.38. The molecule has 2 aromatic rings. The van der Waals surface area contributed by atoms with Gasteiger partial charge in [0.2, 0.25) is 0 Å². The molecule has 18 heavy (non-hydrogen) atoms. The Morgan fingerprint density at radius 3 is 2.44 bits per heavy atom. The zero-order chi connectivity index (χ0) is 13.3. The molecule has 96 valence electrons. The summed E-state index contributed by atoms with van der Waals surface area (Å²) in [5, 5.41) is 1.80. The number of benzene rings is 1. The van der Waals surface area contributed by atoms with Crippen LogP contribution in [0.15, 0.2) is 35.7 Å². The van der Waals surface area contributed by atoms with E-state index in [2.05, 4.69) is 0 Å². The third-order valence-corrected chi connectivity index (χ3v) is 3.59. The number of hydrogen-bond acceptors (Lipinski definition) is 2. The monoisotopic (exact) mass is 271 g/mol. The van der Waals surface area contributed by atoms with Gasteiger partial charge in [-0.3, -0.25) is 0 Å². The number of halogens is 3. The van der Waals surface area contributed by atoms with Gasteiger partial charge in [0.25, 0.3) is 0 Å². The smallest absolute Gasteiger partial charge is 0.320 e. The maximum absolute atomic E-state index is 12.9. The van der Waals surface area contributed by atoms with Crippen molar-refractivity contribution in [3.63, 3.8) is 0 Å². The molecule has 2 rings (SSSR count). The molecule has 1 aromatic carbocycles. The fraction of sp³-hybridized carbons (Fsp3) is 0.231. The summed E-state index contributed by atoms with van der Waals surface area (Å²) in [6.07, 6.45) is -4.38. The summed E-state index contributed by atoms with van der Waals surface area (Å²) < 4.78 is 38.6. The van der Waals surface area contributed by atoms with E-state index in [1.807, 2.05) is 13.0 Å². The molecule has 0 saturated carbocycles. The third kappa shape index (κ3) is 2.57. The van der Waals surface area contributed by atoms with Crippen LogP contribution < -0.4 is 5.73 Å². The number of thiophene rings is 1. The first-order valence-electron chi connectivity index (χ1n) is 5.36. The van der Waals surface area contributed by atoms with Crippen LogP contribution >= 0.6 is 11.3 Å². The van der Waals surface area contributed by atoms with E-state index in [1.165, 1.54) is 23.5 Å². The molecule has 0 aliphatic heterocycles. The molecule has 1 aromatic heterocycles. The van der Waals surface area contributed by atoms with Gasteiger partial charge < -0.3 is 5.73 Å². The van der Waals surface area contributed by atoms with E-state index in [-0.39, 0.29) is 5.56 Å². The van der Waals surface area contributed by atoms with Crippen LogP contribution in [0.3, 0.4) is 0 Å². The molecule has 0 spiro atoms. The first kappa shape index (κ1) is 13.1. The zero-order valence-electron chi connectivity index (χ0n) is 9.66. The van der Waals surface area contributed by atoms with Crippen molar-refractivity contribution in [1.82, 2.24) is 0 Å². The summed E-state index contributed by atoms with van der Waals surface area (Å²) >= 11 is 1.48. The van der Waals surface area contributed by atoms with Crippen LogP contribution in [0, 0.1) is 6.92 Å². The van der Waals surface area contributed by atoms with Crippen molar-refractivity contribution in [2.75, 3.05) is 0 Å². The number of hydrogen-bond donors (Lipinski definition) is 1. The second-order valence-corrected chi connectivity index (χ2v) is 5.17. The first-order chi connectivity index (χ1) is 8.39. The highest BCUT2D eigenvalue weighted by Crippen LogP contribution is 2.36. The molecule has 1 heterocycles. The molecule has 0 saturated heterocycles. The van der Waals surface area contributed by atoms with Gasteiger partial charge in [-0.05, 0) is 35.6 Å². The van der Waals surface area contributed by atoms with Crippen LogP contribution in [0.5, 0.6) is 0 Å². The quantitative estimate of drug-likeness (QED) is 0.873. The Hall–Kier alpha value is -1.33. The van der Waals surface area contributed by atoms with Crippen molar-refractivity contribution >= 4 is 11.3 Å². The Kier molecular flexibility index (Phi) is 3.45. The lowest BCUT2D eigenvalue weighted by Crippen LogP contribution is -2.17. The molecule has 1 unspecified atom stereocenters. The highest BCUT2D eigenvalue weighted by Gasteiger charge is 2.34. The van der Waals surface area contributed by atoms with Gasteiger partial charge >= 0.3 is 6.18 Å². The van der Waals surface area contributed by atoms with E-state index in [1.54, 1.807) is 11.4 Å². The van der Waals surface area contributed by atoms with Gasteiger partial charge in [0, 0.05) is 4.88 Å². The van der Waals surface area contributed by atoms with E-state index in [0.717, 1.165) is 10.9 Å². The van der Waals surface area contributed by atoms with Crippen molar-refractivity contribution in [3.8, 4) is 0 Å². The maximum atomic E-state index is 12.9. The summed E-state index contributed by atoms with van der Waals surface area (Å²) in [4.78, 5) is 1.03. The highest BCUT2D eigenvalue weighted by atomic mass is 32.1. The summed E-state index contributed by atoms with van der Waals surface area (Å²) in [6.45, 7) is 1.90. The number of nitrogens with two attached hydrogens (primary N) is 1. The predicted molar refractivity (Wildman–Crippen MR) is 66.5 cm³/mol. The van der Waals surface area contributed by atoms with E-state index in [0.29, 0.717) is 5.56 Å². The molecule has 0 aliphatic carbocycles. The van der Waals surface area contributed by atoms with E-state index in [9.17, 15) is 13.2 Å². The van der Waals surface area contributed by atoms with Crippen LogP contribution in [-0.4, -0.2) is 0 Å². The molecule has 0 fully saturated rings. The van der Waals surface area contributed by atoms with E-state index >= 15 is 0 Å². The fourth-order valence-corrected chi connectivity index (χ4v) is 2.57. The summed E-state index contributed by atoms with van der Waals surface area (Å²) in [5.41, 5.74) is 6.10. The van der Waals surface area contributed by atoms with Gasteiger partial charge in [-0.1, -0.05) is 18.2 Å². The summed E-state index contributed by atoms with van der Waals surface area (Å²) in [7, 11) is 0. The molecule has 2 N–H and O–H groups in total. The molecule has 0 amide bonds. The van der Waals surface area contributed by atoms with Crippen molar-refractivity contribution in [1.29, 1.82) is 0 Å². The first-order valence-corrected chi connectivity index (χ1v) is 6.24. The minimum Gasteiger partial charge on any atom is -0.320 e. The largest absolute Gasteiger partial charge is 0.416 e. The van der Waals surface area contributed by atoms with Gasteiger partial charge in [0.05, 0.1) is 11.6 Å². The van der Waals surface area contributed by atoms with Crippen LogP contribution in [0.4, 0.5) is 13.2 Å². The molecule has 1 atom stereocenters. The Labute approximate surface area is 107 Å². The molecular weight excluding hydrogens is 259 g/mol. The Bertz CT molecular complexity index is 545. The standard InChI is InChI=1S/C13H12F3NS/c1-8-6-9(7-18-8)12(17)10-4-2-3-5-11(10)13(14,15)16/h2-7,12H,17H2,1H3. The second-order valence-electron chi connectivity index (χ2n) is 4.05. The third-order valence-electron chi connectivity index (χ3n) is 2.71. The average Bonchev–Trinajstić information content (AvgIpc) is 2.74. The lowest BCUT2D eigenvalue weighted by molar-refractivity contribution is -0.138. The van der Waals surface area contributed by atoms with Gasteiger partial charge in [-0.2, -0.15) is 13.2 Å². The average molecular weight is 271 g/mol. The van der Waals surface area contributed by atoms with E-state index in [4.69, 9.17) is 5.73 Å². The predicted octanol–water partition coefficient (Wildman–Crippen LogP) is 4.12. The van der Waals surface area contributed by atoms with Crippen molar-refractivity contribution < 1.29 is 13.2 Å². The topological polar surface area (TPSA) is 26.0 Å². The molecule has 0 radical (unpaired) electrons. The normalized spacial score (nSPS) is 13.6. The van der Waals surface area contributed by atoms with Gasteiger partial charge in [0.15, 0.2) is 0 Å². The van der Waals surface area contributed by atoms with Crippen LogP contribution in [0.2, 0.25) is 0 Å². The van der Waals surface area contributed by atoms with Crippen LogP contribution in [-0.2, 0) is 6.18 Å². The fourth-order valence-electron chi connectivity index (χ4n) is 1.83. The van der Waals surface area contributed by atoms with Gasteiger partial charge in [-0.25, -0.2) is 0 Å². The lowest BCUT2D eigenvalue weighted by atomic mass is 9.96. The van der Waals surface area contributed by atoms with E-state index < -0.39 is 17.8 Å². The lowest BCUT2D eigenvalue weighted by Gasteiger charge is -2.17. The number of rotatable bonds is 2. The van der Waals surface area contributed by atoms with Crippen molar-refractivity contribution in [2.24, 2.45) is 5.73 Å². The van der Waals surface area contributed by atoms with Crippen molar-refractivity contribution in [2.45, 2.75) is 19.1 Å². The summed E-state index contributed by atoms with van der Waals surface area (Å²) in [5.74, 6) is 0. The van der Waals surface area contributed by atoms with Crippen molar-refractivity contribution in [3.05, 3.63) is 57.3 Å². The highest BCUT2D eigenvalue weighted by molar-refractivity contribution is 7.10. The minimum absolute atomic E-state index is 0.114. The molecular formula is C13H12F3NS. The zero-order valence-corrected chi connectivity index (χ0v) is 10.5. The molecule has 1 nitrogen and oxygen atoms in total. The van der Waals surface area contributed by atoms with Gasteiger partial charge in [0.1, 0.15) is 0 Å². The Morgan fingerprint density at radius 2 is 1.89 bits per heavy atom. The maximum Gasteiger partial charge on any atom is 0.416 e. The summed E-state index contributed by atoms with van der Waals surface area (Å²) in [6, 6.07) is 6.52.